The lowest BCUT2D eigenvalue weighted by Gasteiger charge is -2.12. The van der Waals surface area contributed by atoms with E-state index in [0.717, 1.165) is 25.7 Å². The van der Waals surface area contributed by atoms with E-state index < -0.39 is 0 Å². The first-order valence-electron chi connectivity index (χ1n) is 5.76. The first kappa shape index (κ1) is 13.7. The molecule has 0 amide bonds. The molecule has 0 aromatic carbocycles. The number of hydrogen-bond donors (Lipinski definition) is 1. The summed E-state index contributed by atoms with van der Waals surface area (Å²) < 4.78 is 0. The maximum Gasteiger partial charge on any atom is 0.0848 e. The molecule has 0 aliphatic rings. The van der Waals surface area contributed by atoms with Gasteiger partial charge in [0.1, 0.15) is 0 Å². The number of unbranched alkanes of at least 4 members (excludes halogenated alkanes) is 1. The predicted molar refractivity (Wildman–Crippen MR) is 60.3 cm³/mol. The highest BCUT2D eigenvalue weighted by molar-refractivity contribution is 4.80. The van der Waals surface area contributed by atoms with Gasteiger partial charge in [0.05, 0.1) is 6.61 Å². The molecule has 0 aromatic rings. The Morgan fingerprint density at radius 1 is 1.21 bits per heavy atom. The smallest absolute Gasteiger partial charge is 0.0848 e. The van der Waals surface area contributed by atoms with Crippen molar-refractivity contribution in [3.05, 3.63) is 12.2 Å². The lowest BCUT2D eigenvalue weighted by Crippen LogP contribution is -2.08. The molecule has 0 radical (unpaired) electrons. The van der Waals surface area contributed by atoms with Gasteiger partial charge in [-0.2, -0.15) is 0 Å². The second-order valence-corrected chi connectivity index (χ2v) is 3.76. The Kier molecular flexibility index (Phi) is 10.5. The van der Waals surface area contributed by atoms with Crippen molar-refractivity contribution in [2.45, 2.75) is 52.4 Å². The maximum atomic E-state index is 8.42. The van der Waals surface area contributed by atoms with E-state index in [1.165, 1.54) is 12.8 Å². The third kappa shape index (κ3) is 8.27. The third-order valence-electron chi connectivity index (χ3n) is 2.42. The third-order valence-corrected chi connectivity index (χ3v) is 2.42. The Bertz CT molecular complexity index is 132. The minimum Gasteiger partial charge on any atom is -0.252 e. The van der Waals surface area contributed by atoms with Gasteiger partial charge in [-0.25, -0.2) is 4.89 Å². The minimum atomic E-state index is 0.486. The van der Waals surface area contributed by atoms with Crippen molar-refractivity contribution in [3.63, 3.8) is 0 Å². The van der Waals surface area contributed by atoms with Crippen molar-refractivity contribution in [3.8, 4) is 0 Å². The molecule has 2 nitrogen and oxygen atoms in total. The molecule has 0 aromatic heterocycles. The Hall–Kier alpha value is -0.340. The van der Waals surface area contributed by atoms with Crippen LogP contribution in [0.5, 0.6) is 0 Å². The molecular weight excluding hydrogens is 176 g/mol. The fourth-order valence-electron chi connectivity index (χ4n) is 1.53. The number of allylic oxidation sites excluding steroid dienone is 2. The SMILES string of the molecule is CC/C=C\CCC(CCCC)COO. The zero-order valence-corrected chi connectivity index (χ0v) is 9.54. The molecule has 1 N–H and O–H groups in total. The van der Waals surface area contributed by atoms with Crippen LogP contribution >= 0.6 is 0 Å². The number of rotatable bonds is 9. The Morgan fingerprint density at radius 3 is 2.57 bits per heavy atom. The van der Waals surface area contributed by atoms with Gasteiger partial charge < -0.3 is 0 Å². The van der Waals surface area contributed by atoms with Crippen LogP contribution in [0.1, 0.15) is 52.4 Å². The van der Waals surface area contributed by atoms with Crippen LogP contribution in [0.2, 0.25) is 0 Å². The van der Waals surface area contributed by atoms with Gasteiger partial charge in [0.25, 0.3) is 0 Å². The fraction of sp³-hybridized carbons (Fsp3) is 0.833. The lowest BCUT2D eigenvalue weighted by atomic mass is 9.97. The summed E-state index contributed by atoms with van der Waals surface area (Å²) in [5.74, 6) is 0.515. The van der Waals surface area contributed by atoms with E-state index >= 15 is 0 Å². The molecule has 84 valence electrons. The molecule has 1 atom stereocenters. The van der Waals surface area contributed by atoms with Crippen molar-refractivity contribution in [2.75, 3.05) is 6.61 Å². The molecule has 2 heteroatoms. The van der Waals surface area contributed by atoms with Gasteiger partial charge >= 0.3 is 0 Å². The summed E-state index contributed by atoms with van der Waals surface area (Å²) in [4.78, 5) is 4.23. The van der Waals surface area contributed by atoms with Gasteiger partial charge in [-0.1, -0.05) is 38.8 Å². The molecule has 0 rings (SSSR count). The van der Waals surface area contributed by atoms with Gasteiger partial charge in [0.2, 0.25) is 0 Å². The highest BCUT2D eigenvalue weighted by Crippen LogP contribution is 2.15. The summed E-state index contributed by atoms with van der Waals surface area (Å²) in [5.41, 5.74) is 0. The predicted octanol–water partition coefficient (Wildman–Crippen LogP) is 4.03. The van der Waals surface area contributed by atoms with E-state index in [9.17, 15) is 0 Å². The van der Waals surface area contributed by atoms with Crippen molar-refractivity contribution < 1.29 is 10.1 Å². The molecule has 0 bridgehead atoms. The number of hydrogen-bond acceptors (Lipinski definition) is 2. The highest BCUT2D eigenvalue weighted by Gasteiger charge is 2.07. The van der Waals surface area contributed by atoms with Crippen LogP contribution in [0, 0.1) is 5.92 Å². The van der Waals surface area contributed by atoms with Gasteiger partial charge in [-0.05, 0) is 31.6 Å². The Labute approximate surface area is 87.9 Å². The van der Waals surface area contributed by atoms with E-state index in [1.807, 2.05) is 0 Å². The van der Waals surface area contributed by atoms with Crippen LogP contribution < -0.4 is 0 Å². The maximum absolute atomic E-state index is 8.42. The summed E-state index contributed by atoms with van der Waals surface area (Å²) in [6.45, 7) is 4.82. The first-order chi connectivity index (χ1) is 6.85. The van der Waals surface area contributed by atoms with Crippen LogP contribution in [-0.4, -0.2) is 11.9 Å². The van der Waals surface area contributed by atoms with E-state index in [4.69, 9.17) is 5.26 Å². The van der Waals surface area contributed by atoms with E-state index in [2.05, 4.69) is 30.9 Å². The molecule has 0 aliphatic carbocycles. The molecule has 0 spiro atoms. The molecule has 0 saturated carbocycles. The van der Waals surface area contributed by atoms with Crippen molar-refractivity contribution in [1.29, 1.82) is 0 Å². The topological polar surface area (TPSA) is 29.5 Å². The van der Waals surface area contributed by atoms with E-state index in [1.54, 1.807) is 0 Å². The average Bonchev–Trinajstić information content (AvgIpc) is 2.20. The largest absolute Gasteiger partial charge is 0.252 e. The van der Waals surface area contributed by atoms with Gasteiger partial charge in [0.15, 0.2) is 0 Å². The molecule has 1 unspecified atom stereocenters. The second kappa shape index (κ2) is 10.7. The van der Waals surface area contributed by atoms with Gasteiger partial charge in [-0.15, -0.1) is 0 Å². The summed E-state index contributed by atoms with van der Waals surface area (Å²) in [6.07, 6.45) is 11.3. The molecule has 0 aliphatic heterocycles. The lowest BCUT2D eigenvalue weighted by molar-refractivity contribution is -0.251. The van der Waals surface area contributed by atoms with Crippen LogP contribution in [0.15, 0.2) is 12.2 Å². The monoisotopic (exact) mass is 200 g/mol. The summed E-state index contributed by atoms with van der Waals surface area (Å²) in [6, 6.07) is 0. The fourth-order valence-corrected chi connectivity index (χ4v) is 1.53. The standard InChI is InChI=1S/C12H24O2/c1-3-5-7-8-10-12(11-14-13)9-6-4-2/h5,7,12-13H,3-4,6,8-11H2,1-2H3/b7-5-. The normalized spacial score (nSPS) is 13.6. The van der Waals surface area contributed by atoms with Gasteiger partial charge in [-0.3, -0.25) is 5.26 Å². The molecule has 0 saturated heterocycles. The van der Waals surface area contributed by atoms with Crippen molar-refractivity contribution in [2.24, 2.45) is 5.92 Å². The minimum absolute atomic E-state index is 0.486. The summed E-state index contributed by atoms with van der Waals surface area (Å²) >= 11 is 0. The first-order valence-corrected chi connectivity index (χ1v) is 5.76. The Balaban J connectivity index is 3.55. The van der Waals surface area contributed by atoms with Crippen LogP contribution in [0.25, 0.3) is 0 Å². The summed E-state index contributed by atoms with van der Waals surface area (Å²) in [5, 5.41) is 8.42. The Morgan fingerprint density at radius 2 is 2.00 bits per heavy atom. The van der Waals surface area contributed by atoms with Crippen LogP contribution in [-0.2, 0) is 4.89 Å². The summed E-state index contributed by atoms with van der Waals surface area (Å²) in [7, 11) is 0. The quantitative estimate of drug-likeness (QED) is 0.346. The molecule has 0 fully saturated rings. The molecular formula is C12H24O2. The highest BCUT2D eigenvalue weighted by atomic mass is 17.1. The zero-order valence-electron chi connectivity index (χ0n) is 9.54. The van der Waals surface area contributed by atoms with E-state index in [-0.39, 0.29) is 0 Å². The average molecular weight is 200 g/mol. The van der Waals surface area contributed by atoms with E-state index in [0.29, 0.717) is 12.5 Å². The van der Waals surface area contributed by atoms with Crippen LogP contribution in [0.4, 0.5) is 0 Å². The zero-order chi connectivity index (χ0) is 10.6. The van der Waals surface area contributed by atoms with Crippen LogP contribution in [0.3, 0.4) is 0 Å². The molecule has 14 heavy (non-hydrogen) atoms. The molecule has 0 heterocycles. The second-order valence-electron chi connectivity index (χ2n) is 3.76. The van der Waals surface area contributed by atoms with Gasteiger partial charge in [0, 0.05) is 0 Å². The van der Waals surface area contributed by atoms with Crippen molar-refractivity contribution >= 4 is 0 Å². The van der Waals surface area contributed by atoms with Crippen molar-refractivity contribution in [1.82, 2.24) is 0 Å².